The Kier molecular flexibility index (Phi) is 8.49. The van der Waals surface area contributed by atoms with Crippen LogP contribution in [0.15, 0.2) is 48.5 Å². The number of methoxy groups -OCH3 is 2. The summed E-state index contributed by atoms with van der Waals surface area (Å²) in [6.45, 7) is 3.56. The number of benzene rings is 2. The minimum Gasteiger partial charge on any atom is -0.493 e. The highest BCUT2D eigenvalue weighted by Crippen LogP contribution is 2.32. The molecule has 1 amide bonds. The number of hydrogen-bond acceptors (Lipinski definition) is 4. The first-order valence-electron chi connectivity index (χ1n) is 9.14. The van der Waals surface area contributed by atoms with E-state index in [1.165, 1.54) is 18.2 Å². The van der Waals surface area contributed by atoms with E-state index in [4.69, 9.17) is 14.2 Å². The average Bonchev–Trinajstić information content (AvgIpc) is 2.72. The molecular weight excluding hydrogens is 361 g/mol. The molecule has 0 aliphatic carbocycles. The van der Waals surface area contributed by atoms with Gasteiger partial charge in [-0.05, 0) is 47.4 Å². The van der Waals surface area contributed by atoms with E-state index in [0.717, 1.165) is 12.0 Å². The topological polar surface area (TPSA) is 56.8 Å². The van der Waals surface area contributed by atoms with Gasteiger partial charge in [-0.3, -0.25) is 4.79 Å². The molecule has 0 saturated carbocycles. The smallest absolute Gasteiger partial charge is 0.244 e. The summed E-state index contributed by atoms with van der Waals surface area (Å²) in [6.07, 6.45) is 2.43. The maximum Gasteiger partial charge on any atom is 0.244 e. The Morgan fingerprint density at radius 3 is 2.32 bits per heavy atom. The third kappa shape index (κ3) is 6.09. The van der Waals surface area contributed by atoms with E-state index in [0.29, 0.717) is 42.4 Å². The highest BCUT2D eigenvalue weighted by Gasteiger charge is 2.12. The van der Waals surface area contributed by atoms with Crippen molar-refractivity contribution >= 4 is 11.5 Å². The molecule has 0 unspecified atom stereocenters. The number of nitrogens with one attached hydrogen (secondary N) is 1. The van der Waals surface area contributed by atoms with Crippen molar-refractivity contribution in [2.75, 3.05) is 34.0 Å². The lowest BCUT2D eigenvalue weighted by molar-refractivity contribution is -0.116. The minimum absolute atomic E-state index is 0.255. The number of carbonyl (C=O) groups is 1. The molecule has 0 aliphatic rings. The molecule has 0 spiro atoms. The van der Waals surface area contributed by atoms with Gasteiger partial charge in [0, 0.05) is 19.2 Å². The fourth-order valence-corrected chi connectivity index (χ4v) is 2.64. The van der Waals surface area contributed by atoms with Crippen LogP contribution in [0, 0.1) is 5.82 Å². The first-order valence-corrected chi connectivity index (χ1v) is 9.14. The van der Waals surface area contributed by atoms with Crippen LogP contribution in [0.4, 0.5) is 4.39 Å². The summed E-state index contributed by atoms with van der Waals surface area (Å²) in [5, 5.41) is 2.80. The van der Waals surface area contributed by atoms with E-state index < -0.39 is 0 Å². The van der Waals surface area contributed by atoms with Gasteiger partial charge in [-0.2, -0.15) is 0 Å². The molecule has 1 N–H and O–H groups in total. The van der Waals surface area contributed by atoms with E-state index in [-0.39, 0.29) is 11.7 Å². The third-order valence-electron chi connectivity index (χ3n) is 4.02. The van der Waals surface area contributed by atoms with E-state index in [1.54, 1.807) is 38.5 Å². The summed E-state index contributed by atoms with van der Waals surface area (Å²) in [7, 11) is 3.11. The Bertz CT molecular complexity index is 803. The summed E-state index contributed by atoms with van der Waals surface area (Å²) >= 11 is 0. The van der Waals surface area contributed by atoms with Gasteiger partial charge < -0.3 is 19.5 Å². The van der Waals surface area contributed by atoms with Gasteiger partial charge in [0.2, 0.25) is 5.91 Å². The first kappa shape index (κ1) is 21.4. The molecule has 150 valence electrons. The molecule has 0 saturated heterocycles. The van der Waals surface area contributed by atoms with E-state index >= 15 is 0 Å². The number of hydrogen-bond donors (Lipinski definition) is 1. The third-order valence-corrected chi connectivity index (χ3v) is 4.02. The molecule has 0 fully saturated rings. The number of carbonyl (C=O) groups excluding carboxylic acids is 1. The number of amides is 1. The summed E-state index contributed by atoms with van der Waals surface area (Å²) < 4.78 is 29.4. The maximum atomic E-state index is 13.4. The van der Waals surface area contributed by atoms with Crippen LogP contribution in [0.5, 0.6) is 11.5 Å². The number of rotatable bonds is 10. The summed E-state index contributed by atoms with van der Waals surface area (Å²) in [4.78, 5) is 12.4. The minimum atomic E-state index is -0.340. The van der Waals surface area contributed by atoms with Gasteiger partial charge in [-0.15, -0.1) is 0 Å². The fourth-order valence-electron chi connectivity index (χ4n) is 2.64. The van der Waals surface area contributed by atoms with Crippen molar-refractivity contribution in [3.8, 4) is 11.5 Å². The molecule has 5 nitrogen and oxygen atoms in total. The second kappa shape index (κ2) is 11.1. The lowest BCUT2D eigenvalue weighted by atomic mass is 9.97. The molecule has 0 atom stereocenters. The van der Waals surface area contributed by atoms with Gasteiger partial charge in [0.15, 0.2) is 11.5 Å². The monoisotopic (exact) mass is 387 g/mol. The molecule has 0 radical (unpaired) electrons. The maximum absolute atomic E-state index is 13.4. The predicted octanol–water partition coefficient (Wildman–Crippen LogP) is 3.82. The normalized spacial score (nSPS) is 11.2. The van der Waals surface area contributed by atoms with Crippen molar-refractivity contribution < 1.29 is 23.4 Å². The van der Waals surface area contributed by atoms with Gasteiger partial charge >= 0.3 is 0 Å². The number of ether oxygens (including phenoxy) is 3. The second-order valence-corrected chi connectivity index (χ2v) is 6.04. The van der Waals surface area contributed by atoms with Crippen LogP contribution >= 0.6 is 0 Å². The molecule has 28 heavy (non-hydrogen) atoms. The van der Waals surface area contributed by atoms with Crippen molar-refractivity contribution in [3.05, 3.63) is 65.5 Å². The zero-order valence-corrected chi connectivity index (χ0v) is 16.5. The van der Waals surface area contributed by atoms with Crippen LogP contribution in [0.2, 0.25) is 0 Å². The van der Waals surface area contributed by atoms with E-state index in [1.807, 2.05) is 13.0 Å². The Morgan fingerprint density at radius 2 is 1.68 bits per heavy atom. The molecule has 0 aromatic heterocycles. The van der Waals surface area contributed by atoms with Crippen LogP contribution in [-0.2, 0) is 9.53 Å². The molecule has 0 bridgehead atoms. The average molecular weight is 387 g/mol. The Morgan fingerprint density at radius 1 is 1.00 bits per heavy atom. The van der Waals surface area contributed by atoms with Crippen molar-refractivity contribution in [1.29, 1.82) is 0 Å². The quantitative estimate of drug-likeness (QED) is 0.497. The first-order chi connectivity index (χ1) is 13.6. The summed E-state index contributed by atoms with van der Waals surface area (Å²) in [5.74, 6) is 0.533. The highest BCUT2D eigenvalue weighted by molar-refractivity contribution is 5.99. The second-order valence-electron chi connectivity index (χ2n) is 6.04. The Hall–Kier alpha value is -2.86. The van der Waals surface area contributed by atoms with Crippen molar-refractivity contribution in [2.45, 2.75) is 13.3 Å². The molecule has 0 aliphatic heterocycles. The highest BCUT2D eigenvalue weighted by atomic mass is 19.1. The van der Waals surface area contributed by atoms with Gasteiger partial charge in [0.1, 0.15) is 5.82 Å². The zero-order chi connectivity index (χ0) is 20.4. The Balaban J connectivity index is 2.30. The molecule has 2 rings (SSSR count). The van der Waals surface area contributed by atoms with E-state index in [2.05, 4.69) is 5.32 Å². The van der Waals surface area contributed by atoms with Crippen LogP contribution < -0.4 is 14.8 Å². The lowest BCUT2D eigenvalue weighted by Gasteiger charge is -2.13. The van der Waals surface area contributed by atoms with Crippen LogP contribution in [0.25, 0.3) is 5.57 Å². The van der Waals surface area contributed by atoms with Crippen molar-refractivity contribution in [1.82, 2.24) is 5.32 Å². The SMILES string of the molecule is CCCOCCNC(=O)/C=C(/c1ccc(F)cc1)c1ccc(OC)c(OC)c1. The van der Waals surface area contributed by atoms with Crippen molar-refractivity contribution in [3.63, 3.8) is 0 Å². The van der Waals surface area contributed by atoms with E-state index in [9.17, 15) is 9.18 Å². The van der Waals surface area contributed by atoms with Gasteiger partial charge in [-0.1, -0.05) is 25.1 Å². The summed E-state index contributed by atoms with van der Waals surface area (Å²) in [5.41, 5.74) is 2.11. The molecule has 6 heteroatoms. The summed E-state index contributed by atoms with van der Waals surface area (Å²) in [6, 6.07) is 11.4. The van der Waals surface area contributed by atoms with Gasteiger partial charge in [0.25, 0.3) is 0 Å². The van der Waals surface area contributed by atoms with Crippen LogP contribution in [0.1, 0.15) is 24.5 Å². The lowest BCUT2D eigenvalue weighted by Crippen LogP contribution is -2.25. The molecule has 2 aromatic carbocycles. The Labute approximate surface area is 165 Å². The molecule has 0 heterocycles. The largest absolute Gasteiger partial charge is 0.493 e. The molecule has 2 aromatic rings. The molecular formula is C22H26FNO4. The van der Waals surface area contributed by atoms with Crippen molar-refractivity contribution in [2.24, 2.45) is 0 Å². The van der Waals surface area contributed by atoms with Crippen LogP contribution in [0.3, 0.4) is 0 Å². The van der Waals surface area contributed by atoms with Gasteiger partial charge in [0.05, 0.1) is 20.8 Å². The standard InChI is InChI=1S/C22H26FNO4/c1-4-12-28-13-11-24-22(25)15-19(16-5-8-18(23)9-6-16)17-7-10-20(26-2)21(14-17)27-3/h5-10,14-15H,4,11-13H2,1-3H3,(H,24,25)/b19-15-. The van der Waals surface area contributed by atoms with Crippen LogP contribution in [-0.4, -0.2) is 39.9 Å². The predicted molar refractivity (Wildman–Crippen MR) is 107 cm³/mol. The zero-order valence-electron chi connectivity index (χ0n) is 16.5. The number of halogens is 1. The fraction of sp³-hybridized carbons (Fsp3) is 0.318. The van der Waals surface area contributed by atoms with Gasteiger partial charge in [-0.25, -0.2) is 4.39 Å².